The number of amides is 3. The number of nitrogens with two attached hydrogens (primary N) is 1. The van der Waals surface area contributed by atoms with E-state index in [-0.39, 0.29) is 23.5 Å². The van der Waals surface area contributed by atoms with Crippen LogP contribution in [0.2, 0.25) is 0 Å². The molecule has 0 aromatic heterocycles. The van der Waals surface area contributed by atoms with Crippen molar-refractivity contribution in [3.8, 4) is 0 Å². The van der Waals surface area contributed by atoms with E-state index in [2.05, 4.69) is 32.6 Å². The molecule has 0 bridgehead atoms. The number of hydrazine groups is 1. The number of nitrogens with zero attached hydrogens (tertiary/aromatic N) is 2. The van der Waals surface area contributed by atoms with E-state index in [1.807, 2.05) is 24.3 Å². The van der Waals surface area contributed by atoms with Gasteiger partial charge in [0, 0.05) is 37.9 Å². The summed E-state index contributed by atoms with van der Waals surface area (Å²) in [6, 6.07) is 15.3. The van der Waals surface area contributed by atoms with E-state index >= 15 is 0 Å². The third-order valence-corrected chi connectivity index (χ3v) is 10.4. The second-order valence-electron chi connectivity index (χ2n) is 12.0. The minimum Gasteiger partial charge on any atom is -0.369 e. The lowest BCUT2D eigenvalue weighted by Gasteiger charge is -2.39. The Labute approximate surface area is 249 Å². The maximum Gasteiger partial charge on any atom is 0.321 e. The summed E-state index contributed by atoms with van der Waals surface area (Å²) in [5.74, 6) is -0.404. The van der Waals surface area contributed by atoms with Crippen LogP contribution < -0.4 is 26.2 Å². The number of primary amides is 1. The number of benzene rings is 2. The number of carbonyl (C=O) groups is 2. The van der Waals surface area contributed by atoms with E-state index in [4.69, 9.17) is 5.73 Å². The van der Waals surface area contributed by atoms with Crippen LogP contribution in [-0.4, -0.2) is 57.5 Å². The van der Waals surface area contributed by atoms with Crippen LogP contribution in [0.5, 0.6) is 0 Å². The Kier molecular flexibility index (Phi) is 9.70. The average Bonchev–Trinajstić information content (AvgIpc) is 3.54. The first-order valence-electron chi connectivity index (χ1n) is 15.3. The smallest absolute Gasteiger partial charge is 0.321 e. The third kappa shape index (κ3) is 7.07. The Balaban J connectivity index is 1.42. The Bertz CT molecular complexity index is 1340. The number of anilines is 2. The largest absolute Gasteiger partial charge is 0.369 e. The molecule has 1 unspecified atom stereocenters. The normalized spacial score (nSPS) is 20.8. The summed E-state index contributed by atoms with van der Waals surface area (Å²) in [5, 5.41) is 2.90. The molecule has 2 aromatic carbocycles. The summed E-state index contributed by atoms with van der Waals surface area (Å²) in [7, 11) is -4.09. The molecule has 3 aliphatic rings. The van der Waals surface area contributed by atoms with Gasteiger partial charge in [-0.3, -0.25) is 4.79 Å². The standard InChI is InChI=1S/C31H44N6O4S/c32-29(38)31(16-6-2-7-17-31)23-33-35-42(40,41)28-22-25(34-30(39)36-18-9-10-19-36)14-15-27(28)37-20-8-5-13-26(37)21-24-11-3-1-4-12-24/h1,3-4,11-12,14-15,22,26,33,35H,2,5-10,13,16-21,23H2,(H2,32,38)(H,34,39). The number of carbonyl (C=O) groups excluding carboxylic acids is 2. The quantitative estimate of drug-likeness (QED) is 0.305. The molecular weight excluding hydrogens is 552 g/mol. The van der Waals surface area contributed by atoms with Crippen LogP contribution in [0.15, 0.2) is 53.4 Å². The molecule has 11 heteroatoms. The van der Waals surface area contributed by atoms with Crippen molar-refractivity contribution in [2.75, 3.05) is 36.4 Å². The van der Waals surface area contributed by atoms with Gasteiger partial charge in [0.05, 0.1) is 11.1 Å². The van der Waals surface area contributed by atoms with Crippen LogP contribution in [-0.2, 0) is 21.2 Å². The van der Waals surface area contributed by atoms with E-state index in [0.717, 1.165) is 64.3 Å². The Hall–Kier alpha value is -3.15. The van der Waals surface area contributed by atoms with Crippen LogP contribution in [0.25, 0.3) is 0 Å². The minimum atomic E-state index is -4.09. The lowest BCUT2D eigenvalue weighted by Crippen LogP contribution is -2.51. The first kappa shape index (κ1) is 30.3. The Morgan fingerprint density at radius 3 is 2.33 bits per heavy atom. The van der Waals surface area contributed by atoms with Crippen molar-refractivity contribution in [3.05, 3.63) is 54.1 Å². The van der Waals surface area contributed by atoms with Crippen molar-refractivity contribution in [2.24, 2.45) is 11.1 Å². The van der Waals surface area contributed by atoms with Crippen molar-refractivity contribution in [2.45, 2.75) is 81.6 Å². The zero-order valence-electron chi connectivity index (χ0n) is 24.3. The molecule has 0 spiro atoms. The van der Waals surface area contributed by atoms with Gasteiger partial charge in [-0.25, -0.2) is 18.6 Å². The molecule has 3 fully saturated rings. The van der Waals surface area contributed by atoms with E-state index < -0.39 is 21.3 Å². The molecule has 2 heterocycles. The molecule has 2 saturated heterocycles. The molecule has 1 aliphatic carbocycles. The lowest BCUT2D eigenvalue weighted by molar-refractivity contribution is -0.129. The van der Waals surface area contributed by atoms with Crippen molar-refractivity contribution in [3.63, 3.8) is 0 Å². The lowest BCUT2D eigenvalue weighted by atomic mass is 9.73. The molecule has 42 heavy (non-hydrogen) atoms. The van der Waals surface area contributed by atoms with E-state index in [9.17, 15) is 18.0 Å². The van der Waals surface area contributed by atoms with Gasteiger partial charge in [0.2, 0.25) is 5.91 Å². The van der Waals surface area contributed by atoms with Gasteiger partial charge in [-0.1, -0.05) is 49.6 Å². The van der Waals surface area contributed by atoms with Crippen molar-refractivity contribution in [1.82, 2.24) is 15.2 Å². The number of urea groups is 1. The summed E-state index contributed by atoms with van der Waals surface area (Å²) >= 11 is 0. The predicted octanol–water partition coefficient (Wildman–Crippen LogP) is 4.13. The minimum absolute atomic E-state index is 0.0888. The molecule has 2 aliphatic heterocycles. The van der Waals surface area contributed by atoms with E-state index in [1.165, 1.54) is 5.56 Å². The number of piperidine rings is 1. The summed E-state index contributed by atoms with van der Waals surface area (Å²) < 4.78 is 27.9. The summed E-state index contributed by atoms with van der Waals surface area (Å²) in [4.78, 5) is 31.8. The monoisotopic (exact) mass is 596 g/mol. The van der Waals surface area contributed by atoms with Crippen LogP contribution in [0.3, 0.4) is 0 Å². The zero-order chi connectivity index (χ0) is 29.6. The van der Waals surface area contributed by atoms with Crippen LogP contribution in [0, 0.1) is 5.41 Å². The molecule has 0 radical (unpaired) electrons. The molecule has 228 valence electrons. The first-order valence-corrected chi connectivity index (χ1v) is 16.8. The van der Waals surface area contributed by atoms with Crippen molar-refractivity contribution in [1.29, 1.82) is 0 Å². The van der Waals surface area contributed by atoms with Gasteiger partial charge >= 0.3 is 6.03 Å². The fourth-order valence-corrected chi connectivity index (χ4v) is 7.79. The van der Waals surface area contributed by atoms with Gasteiger partial charge in [0.25, 0.3) is 10.0 Å². The highest BCUT2D eigenvalue weighted by Crippen LogP contribution is 2.36. The first-order chi connectivity index (χ1) is 20.3. The van der Waals surface area contributed by atoms with E-state index in [1.54, 1.807) is 17.0 Å². The van der Waals surface area contributed by atoms with Crippen LogP contribution in [0.4, 0.5) is 16.2 Å². The SMILES string of the molecule is NC(=O)C1(CNNS(=O)(=O)c2cc(NC(=O)N3CCCC3)ccc2N2CCCCC2Cc2ccccc2)CCCCC1. The van der Waals surface area contributed by atoms with Gasteiger partial charge in [0.15, 0.2) is 0 Å². The fraction of sp³-hybridized carbons (Fsp3) is 0.548. The summed E-state index contributed by atoms with van der Waals surface area (Å²) in [5.41, 5.74) is 10.1. The number of hydrogen-bond donors (Lipinski definition) is 4. The van der Waals surface area contributed by atoms with Crippen molar-refractivity contribution >= 4 is 33.3 Å². The van der Waals surface area contributed by atoms with Gasteiger partial charge in [-0.15, -0.1) is 4.83 Å². The second kappa shape index (κ2) is 13.4. The number of rotatable bonds is 10. The highest BCUT2D eigenvalue weighted by molar-refractivity contribution is 7.89. The number of likely N-dealkylation sites (tertiary alicyclic amines) is 1. The van der Waals surface area contributed by atoms with E-state index in [0.29, 0.717) is 37.3 Å². The van der Waals surface area contributed by atoms with Gasteiger partial charge in [0.1, 0.15) is 4.90 Å². The molecule has 1 atom stereocenters. The van der Waals surface area contributed by atoms with Gasteiger partial charge in [-0.05, 0) is 75.1 Å². The number of hydrogen-bond acceptors (Lipinski definition) is 6. The Morgan fingerprint density at radius 2 is 1.62 bits per heavy atom. The number of nitrogens with one attached hydrogen (secondary N) is 3. The molecule has 1 saturated carbocycles. The van der Waals surface area contributed by atoms with Crippen LogP contribution >= 0.6 is 0 Å². The number of sulfonamides is 1. The second-order valence-corrected chi connectivity index (χ2v) is 13.7. The van der Waals surface area contributed by atoms with Crippen molar-refractivity contribution < 1.29 is 18.0 Å². The molecule has 10 nitrogen and oxygen atoms in total. The summed E-state index contributed by atoms with van der Waals surface area (Å²) in [6.45, 7) is 2.24. The zero-order valence-corrected chi connectivity index (χ0v) is 25.1. The highest BCUT2D eigenvalue weighted by Gasteiger charge is 2.38. The predicted molar refractivity (Wildman–Crippen MR) is 164 cm³/mol. The molecule has 5 rings (SSSR count). The molecule has 3 amide bonds. The topological polar surface area (TPSA) is 137 Å². The highest BCUT2D eigenvalue weighted by atomic mass is 32.2. The molecular formula is C31H44N6O4S. The maximum atomic E-state index is 13.9. The van der Waals surface area contributed by atoms with Gasteiger partial charge in [-0.2, -0.15) is 0 Å². The fourth-order valence-electron chi connectivity index (χ4n) is 6.68. The van der Waals surface area contributed by atoms with Gasteiger partial charge < -0.3 is 20.9 Å². The molecule has 2 aromatic rings. The Morgan fingerprint density at radius 1 is 0.905 bits per heavy atom. The maximum absolute atomic E-state index is 13.9. The molecule has 5 N–H and O–H groups in total. The average molecular weight is 597 g/mol. The summed E-state index contributed by atoms with van der Waals surface area (Å²) in [6.07, 6.45) is 9.81. The third-order valence-electron chi connectivity index (χ3n) is 9.11. The van der Waals surface area contributed by atoms with Crippen LogP contribution in [0.1, 0.15) is 69.8 Å².